The number of likely N-dealkylation sites (tertiary alicyclic amines) is 1. The van der Waals surface area contributed by atoms with Crippen LogP contribution < -0.4 is 5.32 Å². The van der Waals surface area contributed by atoms with Crippen molar-refractivity contribution in [2.24, 2.45) is 10.4 Å². The molecule has 5 rings (SSSR count). The molecule has 0 saturated carbocycles. The Labute approximate surface area is 196 Å². The lowest BCUT2D eigenvalue weighted by molar-refractivity contribution is 0.156. The molecule has 1 aromatic heterocycles. The van der Waals surface area contributed by atoms with Gasteiger partial charge in [0.15, 0.2) is 5.96 Å². The number of fused-ring (bicyclic) bond motifs is 1. The van der Waals surface area contributed by atoms with E-state index in [1.54, 1.807) is 0 Å². The number of hydrogen-bond donors (Lipinski definition) is 1. The highest BCUT2D eigenvalue weighted by molar-refractivity contribution is 14.0. The fraction of sp³-hybridized carbons (Fsp3) is 0.565. The van der Waals surface area contributed by atoms with Gasteiger partial charge >= 0.3 is 0 Å². The standard InChI is InChI=1S/C23H31N5O.HI/c1-2-24-22(27-13-11-23(16-27)12-14-29-17-23)25-15-20-19-9-6-10-21(19)28(26-20)18-7-4-3-5-8-18;/h3-5,7-8H,2,6,9-17H2,1H3,(H,24,25);1H. The van der Waals surface area contributed by atoms with Gasteiger partial charge in [-0.05, 0) is 56.7 Å². The van der Waals surface area contributed by atoms with Gasteiger partial charge in [0.1, 0.15) is 0 Å². The number of aliphatic imine (C=N–C) groups is 1. The van der Waals surface area contributed by atoms with Gasteiger partial charge in [-0.2, -0.15) is 5.10 Å². The van der Waals surface area contributed by atoms with Crippen LogP contribution in [0.3, 0.4) is 0 Å². The van der Waals surface area contributed by atoms with Crippen LogP contribution in [-0.4, -0.2) is 53.5 Å². The summed E-state index contributed by atoms with van der Waals surface area (Å²) in [5, 5.41) is 8.48. The van der Waals surface area contributed by atoms with E-state index in [0.29, 0.717) is 12.0 Å². The number of halogens is 1. The van der Waals surface area contributed by atoms with E-state index in [4.69, 9.17) is 14.8 Å². The second-order valence-corrected chi connectivity index (χ2v) is 8.62. The second-order valence-electron chi connectivity index (χ2n) is 8.62. The summed E-state index contributed by atoms with van der Waals surface area (Å²) in [6.45, 7) is 7.59. The van der Waals surface area contributed by atoms with E-state index in [0.717, 1.165) is 63.0 Å². The molecule has 0 amide bonds. The highest BCUT2D eigenvalue weighted by atomic mass is 127. The third kappa shape index (κ3) is 4.10. The summed E-state index contributed by atoms with van der Waals surface area (Å²) >= 11 is 0. The van der Waals surface area contributed by atoms with Crippen LogP contribution in [0, 0.1) is 5.41 Å². The number of nitrogens with zero attached hydrogens (tertiary/aromatic N) is 4. The first-order chi connectivity index (χ1) is 14.3. The number of guanidine groups is 1. The van der Waals surface area contributed by atoms with Gasteiger partial charge in [-0.15, -0.1) is 24.0 Å². The van der Waals surface area contributed by atoms with Crippen LogP contribution >= 0.6 is 24.0 Å². The van der Waals surface area contributed by atoms with Crippen molar-refractivity contribution in [1.29, 1.82) is 0 Å². The third-order valence-electron chi connectivity index (χ3n) is 6.65. The van der Waals surface area contributed by atoms with Crippen LogP contribution in [0.2, 0.25) is 0 Å². The predicted molar refractivity (Wildman–Crippen MR) is 130 cm³/mol. The molecule has 0 bridgehead atoms. The zero-order chi connectivity index (χ0) is 19.7. The molecule has 2 saturated heterocycles. The number of benzene rings is 1. The molecule has 6 nitrogen and oxygen atoms in total. The van der Waals surface area contributed by atoms with Crippen molar-refractivity contribution in [3.63, 3.8) is 0 Å². The Morgan fingerprint density at radius 1 is 1.23 bits per heavy atom. The maximum atomic E-state index is 5.70. The van der Waals surface area contributed by atoms with Crippen LogP contribution in [0.25, 0.3) is 5.69 Å². The molecule has 1 atom stereocenters. The molecular formula is C23H32IN5O. The summed E-state index contributed by atoms with van der Waals surface area (Å²) in [4.78, 5) is 7.44. The Morgan fingerprint density at radius 2 is 2.10 bits per heavy atom. The lowest BCUT2D eigenvalue weighted by Crippen LogP contribution is -2.41. The predicted octanol–water partition coefficient (Wildman–Crippen LogP) is 3.56. The summed E-state index contributed by atoms with van der Waals surface area (Å²) in [6, 6.07) is 10.5. The number of hydrogen-bond acceptors (Lipinski definition) is 3. The fourth-order valence-corrected chi connectivity index (χ4v) is 5.09. The molecule has 1 spiro atoms. The summed E-state index contributed by atoms with van der Waals surface area (Å²) in [7, 11) is 0. The van der Waals surface area contributed by atoms with Gasteiger partial charge in [0.25, 0.3) is 0 Å². The molecule has 2 fully saturated rings. The number of para-hydroxylation sites is 1. The van der Waals surface area contributed by atoms with Crippen molar-refractivity contribution in [1.82, 2.24) is 20.0 Å². The van der Waals surface area contributed by atoms with Gasteiger partial charge in [-0.3, -0.25) is 0 Å². The fourth-order valence-electron chi connectivity index (χ4n) is 5.09. The van der Waals surface area contributed by atoms with E-state index in [1.807, 2.05) is 0 Å². The molecule has 7 heteroatoms. The van der Waals surface area contributed by atoms with Crippen molar-refractivity contribution < 1.29 is 4.74 Å². The molecule has 1 unspecified atom stereocenters. The summed E-state index contributed by atoms with van der Waals surface area (Å²) < 4.78 is 7.83. The number of rotatable bonds is 4. The number of nitrogens with one attached hydrogen (secondary N) is 1. The molecule has 162 valence electrons. The van der Waals surface area contributed by atoms with E-state index in [1.165, 1.54) is 30.5 Å². The minimum absolute atomic E-state index is 0. The highest BCUT2D eigenvalue weighted by Gasteiger charge is 2.42. The van der Waals surface area contributed by atoms with Gasteiger partial charge in [-0.1, -0.05) is 18.2 Å². The van der Waals surface area contributed by atoms with E-state index >= 15 is 0 Å². The SMILES string of the molecule is CCNC(=NCc1nn(-c2ccccc2)c2c1CCC2)N1CCC2(CCOC2)C1.I. The number of aromatic nitrogens is 2. The normalized spacial score (nSPS) is 23.1. The molecule has 0 radical (unpaired) electrons. The first kappa shape index (κ1) is 21.6. The van der Waals surface area contributed by atoms with Crippen LogP contribution in [0.15, 0.2) is 35.3 Å². The van der Waals surface area contributed by atoms with Crippen LogP contribution in [0.5, 0.6) is 0 Å². The van der Waals surface area contributed by atoms with E-state index in [-0.39, 0.29) is 24.0 Å². The summed E-state index contributed by atoms with van der Waals surface area (Å²) in [5.74, 6) is 1.03. The molecule has 2 aromatic rings. The Hall–Kier alpha value is -1.61. The lowest BCUT2D eigenvalue weighted by Gasteiger charge is -2.24. The summed E-state index contributed by atoms with van der Waals surface area (Å²) in [5.41, 5.74) is 5.40. The Kier molecular flexibility index (Phi) is 6.67. The first-order valence-electron chi connectivity index (χ1n) is 11.0. The second kappa shape index (κ2) is 9.26. The maximum Gasteiger partial charge on any atom is 0.194 e. The Morgan fingerprint density at radius 3 is 2.87 bits per heavy atom. The van der Waals surface area contributed by atoms with Crippen molar-refractivity contribution in [2.45, 2.75) is 45.6 Å². The zero-order valence-electron chi connectivity index (χ0n) is 17.8. The van der Waals surface area contributed by atoms with Crippen molar-refractivity contribution in [3.8, 4) is 5.69 Å². The van der Waals surface area contributed by atoms with Gasteiger partial charge < -0.3 is 15.0 Å². The Bertz CT molecular complexity index is 888. The molecule has 30 heavy (non-hydrogen) atoms. The molecule has 2 aliphatic heterocycles. The molecular weight excluding hydrogens is 489 g/mol. The minimum Gasteiger partial charge on any atom is -0.381 e. The monoisotopic (exact) mass is 521 g/mol. The average Bonchev–Trinajstić information content (AvgIpc) is 3.53. The van der Waals surface area contributed by atoms with Crippen molar-refractivity contribution >= 4 is 29.9 Å². The molecule has 3 heterocycles. The Balaban J connectivity index is 0.00000218. The topological polar surface area (TPSA) is 54.7 Å². The smallest absolute Gasteiger partial charge is 0.194 e. The van der Waals surface area contributed by atoms with Gasteiger partial charge in [-0.25, -0.2) is 9.67 Å². The van der Waals surface area contributed by atoms with Gasteiger partial charge in [0, 0.05) is 37.4 Å². The minimum atomic E-state index is 0. The molecule has 3 aliphatic rings. The van der Waals surface area contributed by atoms with Gasteiger partial charge in [0.2, 0.25) is 0 Å². The van der Waals surface area contributed by atoms with Gasteiger partial charge in [0.05, 0.1) is 24.5 Å². The molecule has 1 aliphatic carbocycles. The lowest BCUT2D eigenvalue weighted by atomic mass is 9.87. The number of ether oxygens (including phenoxy) is 1. The van der Waals surface area contributed by atoms with Crippen LogP contribution in [-0.2, 0) is 24.1 Å². The third-order valence-corrected chi connectivity index (χ3v) is 6.65. The highest BCUT2D eigenvalue weighted by Crippen LogP contribution is 2.38. The van der Waals surface area contributed by atoms with Crippen molar-refractivity contribution in [3.05, 3.63) is 47.3 Å². The molecule has 1 aromatic carbocycles. The van der Waals surface area contributed by atoms with Crippen LogP contribution in [0.1, 0.15) is 43.1 Å². The van der Waals surface area contributed by atoms with Crippen LogP contribution in [0.4, 0.5) is 0 Å². The first-order valence-corrected chi connectivity index (χ1v) is 11.0. The van der Waals surface area contributed by atoms with Crippen molar-refractivity contribution in [2.75, 3.05) is 32.8 Å². The maximum absolute atomic E-state index is 5.70. The largest absolute Gasteiger partial charge is 0.381 e. The average molecular weight is 521 g/mol. The van der Waals surface area contributed by atoms with E-state index in [2.05, 4.69) is 52.2 Å². The molecule has 1 N–H and O–H groups in total. The van der Waals surface area contributed by atoms with E-state index < -0.39 is 0 Å². The summed E-state index contributed by atoms with van der Waals surface area (Å²) in [6.07, 6.45) is 5.82. The quantitative estimate of drug-likeness (QED) is 0.380. The van der Waals surface area contributed by atoms with E-state index in [9.17, 15) is 0 Å². The zero-order valence-corrected chi connectivity index (χ0v) is 20.1.